The summed E-state index contributed by atoms with van der Waals surface area (Å²) in [5.74, 6) is 3.76. The second kappa shape index (κ2) is 7.75. The number of hydrogen-bond donors (Lipinski definition) is 1. The van der Waals surface area contributed by atoms with Gasteiger partial charge < -0.3 is 9.88 Å². The molecular weight excluding hydrogens is 394 g/mol. The number of rotatable bonds is 6. The first-order valence-corrected chi connectivity index (χ1v) is 12.4. The second-order valence-corrected chi connectivity index (χ2v) is 10.8. The van der Waals surface area contributed by atoms with Gasteiger partial charge in [0.05, 0.1) is 11.0 Å². The van der Waals surface area contributed by atoms with Crippen molar-refractivity contribution in [3.8, 4) is 0 Å². The van der Waals surface area contributed by atoms with Crippen LogP contribution in [0.5, 0.6) is 0 Å². The standard InChI is InChI=1S/C28H33N3O/c1-19-5-4-6-20(11-19)18-31-25-8-3-2-7-24(25)30-26(31)9-10-29-27(32)28-15-21-12-22(16-28)14-23(13-21)17-28/h2-8,11,21-23H,9-10,12-18H2,1H3,(H,29,32). The van der Waals surface area contributed by atoms with Gasteiger partial charge >= 0.3 is 0 Å². The van der Waals surface area contributed by atoms with Crippen LogP contribution in [0.2, 0.25) is 0 Å². The molecule has 4 nitrogen and oxygen atoms in total. The number of nitrogens with one attached hydrogen (secondary N) is 1. The minimum Gasteiger partial charge on any atom is -0.355 e. The van der Waals surface area contributed by atoms with Crippen molar-refractivity contribution in [2.75, 3.05) is 6.54 Å². The van der Waals surface area contributed by atoms with Crippen molar-refractivity contribution in [2.45, 2.75) is 58.4 Å². The predicted molar refractivity (Wildman–Crippen MR) is 127 cm³/mol. The van der Waals surface area contributed by atoms with Crippen LogP contribution in [0.1, 0.15) is 55.5 Å². The van der Waals surface area contributed by atoms with Crippen LogP contribution in [0.3, 0.4) is 0 Å². The summed E-state index contributed by atoms with van der Waals surface area (Å²) in [6, 6.07) is 17.0. The number of aromatic nitrogens is 2. The largest absolute Gasteiger partial charge is 0.355 e. The van der Waals surface area contributed by atoms with Crippen LogP contribution in [0, 0.1) is 30.1 Å². The molecule has 4 aliphatic carbocycles. The highest BCUT2D eigenvalue weighted by Crippen LogP contribution is 2.60. The van der Waals surface area contributed by atoms with Crippen LogP contribution in [0.25, 0.3) is 11.0 Å². The minimum atomic E-state index is -0.0730. The summed E-state index contributed by atoms with van der Waals surface area (Å²) in [4.78, 5) is 18.3. The van der Waals surface area contributed by atoms with Gasteiger partial charge in [0.2, 0.25) is 5.91 Å². The lowest BCUT2D eigenvalue weighted by atomic mass is 9.49. The van der Waals surface area contributed by atoms with E-state index in [0.29, 0.717) is 12.5 Å². The third-order valence-corrected chi connectivity index (χ3v) is 8.31. The number of fused-ring (bicyclic) bond motifs is 1. The Morgan fingerprint density at radius 1 is 1.03 bits per heavy atom. The molecule has 0 atom stereocenters. The number of para-hydroxylation sites is 2. The van der Waals surface area contributed by atoms with Crippen LogP contribution < -0.4 is 5.32 Å². The summed E-state index contributed by atoms with van der Waals surface area (Å²) in [6.45, 7) is 3.61. The molecule has 0 unspecified atom stereocenters. The lowest BCUT2D eigenvalue weighted by Crippen LogP contribution is -2.53. The van der Waals surface area contributed by atoms with Crippen molar-refractivity contribution in [1.82, 2.24) is 14.9 Å². The maximum Gasteiger partial charge on any atom is 0.226 e. The molecule has 4 fully saturated rings. The van der Waals surface area contributed by atoms with Crippen LogP contribution in [0.4, 0.5) is 0 Å². The van der Waals surface area contributed by atoms with Crippen LogP contribution in [-0.4, -0.2) is 22.0 Å². The van der Waals surface area contributed by atoms with Crippen molar-refractivity contribution in [1.29, 1.82) is 0 Å². The van der Waals surface area contributed by atoms with Gasteiger partial charge in [-0.25, -0.2) is 4.98 Å². The van der Waals surface area contributed by atoms with Crippen LogP contribution >= 0.6 is 0 Å². The Balaban J connectivity index is 1.19. The van der Waals surface area contributed by atoms with Gasteiger partial charge in [0, 0.05) is 24.9 Å². The molecule has 2 aromatic carbocycles. The summed E-state index contributed by atoms with van der Waals surface area (Å²) >= 11 is 0. The van der Waals surface area contributed by atoms with Gasteiger partial charge in [0.15, 0.2) is 0 Å². The zero-order valence-corrected chi connectivity index (χ0v) is 19.0. The van der Waals surface area contributed by atoms with E-state index in [-0.39, 0.29) is 5.41 Å². The molecule has 1 amide bonds. The van der Waals surface area contributed by atoms with E-state index < -0.39 is 0 Å². The fraction of sp³-hybridized carbons (Fsp3) is 0.500. The number of benzene rings is 2. The zero-order chi connectivity index (χ0) is 21.7. The molecule has 1 heterocycles. The number of imidazole rings is 1. The van der Waals surface area contributed by atoms with E-state index in [4.69, 9.17) is 4.98 Å². The molecule has 0 radical (unpaired) electrons. The van der Waals surface area contributed by atoms with Crippen LogP contribution in [0.15, 0.2) is 48.5 Å². The highest BCUT2D eigenvalue weighted by Gasteiger charge is 2.54. The molecule has 1 N–H and O–H groups in total. The number of amides is 1. The van der Waals surface area contributed by atoms with E-state index in [2.05, 4.69) is 59.3 Å². The smallest absolute Gasteiger partial charge is 0.226 e. The molecule has 4 heteroatoms. The maximum atomic E-state index is 13.3. The Hall–Kier alpha value is -2.62. The van der Waals surface area contributed by atoms with Gasteiger partial charge in [-0.3, -0.25) is 4.79 Å². The van der Waals surface area contributed by atoms with Gasteiger partial charge in [-0.1, -0.05) is 42.0 Å². The normalized spacial score (nSPS) is 28.3. The summed E-state index contributed by atoms with van der Waals surface area (Å²) < 4.78 is 2.32. The van der Waals surface area contributed by atoms with Crippen molar-refractivity contribution in [3.63, 3.8) is 0 Å². The SMILES string of the molecule is Cc1cccc(Cn2c(CCNC(=O)C34CC5CC(CC(C5)C3)C4)nc3ccccc32)c1. The number of aryl methyl sites for hydroxylation is 1. The third-order valence-electron chi connectivity index (χ3n) is 8.31. The number of carbonyl (C=O) groups excluding carboxylic acids is 1. The molecule has 3 aromatic rings. The van der Waals surface area contributed by atoms with E-state index in [1.54, 1.807) is 0 Å². The van der Waals surface area contributed by atoms with E-state index in [1.807, 2.05) is 6.07 Å². The van der Waals surface area contributed by atoms with Crippen molar-refractivity contribution < 1.29 is 4.79 Å². The van der Waals surface area contributed by atoms with Crippen LogP contribution in [-0.2, 0) is 17.8 Å². The fourth-order valence-electron chi connectivity index (χ4n) is 7.35. The Kier molecular flexibility index (Phi) is 4.85. The second-order valence-electron chi connectivity index (χ2n) is 10.8. The molecule has 4 aliphatic rings. The monoisotopic (exact) mass is 427 g/mol. The first-order chi connectivity index (χ1) is 15.6. The molecule has 0 spiro atoms. The zero-order valence-electron chi connectivity index (χ0n) is 19.0. The highest BCUT2D eigenvalue weighted by atomic mass is 16.2. The van der Waals surface area contributed by atoms with Gasteiger partial charge in [0.1, 0.15) is 5.82 Å². The van der Waals surface area contributed by atoms with E-state index in [9.17, 15) is 4.79 Å². The fourth-order valence-corrected chi connectivity index (χ4v) is 7.35. The Bertz CT molecular complexity index is 1130. The van der Waals surface area contributed by atoms with Gasteiger partial charge in [0.25, 0.3) is 0 Å². The van der Waals surface area contributed by atoms with Gasteiger partial charge in [-0.15, -0.1) is 0 Å². The topological polar surface area (TPSA) is 46.9 Å². The number of nitrogens with zero attached hydrogens (tertiary/aromatic N) is 2. The molecule has 4 saturated carbocycles. The Morgan fingerprint density at radius 2 is 1.75 bits per heavy atom. The summed E-state index contributed by atoms with van der Waals surface area (Å²) in [5, 5.41) is 3.34. The predicted octanol–water partition coefficient (Wildman–Crippen LogP) is 5.27. The summed E-state index contributed by atoms with van der Waals surface area (Å²) in [5.41, 5.74) is 4.68. The third kappa shape index (κ3) is 3.54. The van der Waals surface area contributed by atoms with Crippen molar-refractivity contribution in [3.05, 3.63) is 65.5 Å². The number of carbonyl (C=O) groups is 1. The summed E-state index contributed by atoms with van der Waals surface area (Å²) in [7, 11) is 0. The molecular formula is C28H33N3O. The summed E-state index contributed by atoms with van der Waals surface area (Å²) in [6.07, 6.45) is 8.24. The van der Waals surface area contributed by atoms with Gasteiger partial charge in [-0.05, 0) is 80.9 Å². The Morgan fingerprint density at radius 3 is 2.47 bits per heavy atom. The minimum absolute atomic E-state index is 0.0730. The van der Waals surface area contributed by atoms with E-state index in [0.717, 1.165) is 66.8 Å². The van der Waals surface area contributed by atoms with E-state index in [1.165, 1.54) is 30.4 Å². The molecule has 1 aromatic heterocycles. The van der Waals surface area contributed by atoms with Crippen molar-refractivity contribution in [2.24, 2.45) is 23.2 Å². The molecule has 7 rings (SSSR count). The lowest BCUT2D eigenvalue weighted by Gasteiger charge is -2.55. The highest BCUT2D eigenvalue weighted by molar-refractivity contribution is 5.83. The average molecular weight is 428 g/mol. The lowest BCUT2D eigenvalue weighted by molar-refractivity contribution is -0.146. The average Bonchev–Trinajstić information content (AvgIpc) is 3.10. The molecule has 4 bridgehead atoms. The molecule has 166 valence electrons. The molecule has 0 saturated heterocycles. The van der Waals surface area contributed by atoms with E-state index >= 15 is 0 Å². The Labute approximate surface area is 190 Å². The number of hydrogen-bond acceptors (Lipinski definition) is 2. The maximum absolute atomic E-state index is 13.3. The quantitative estimate of drug-likeness (QED) is 0.583. The molecule has 0 aliphatic heterocycles. The first-order valence-electron chi connectivity index (χ1n) is 12.4. The van der Waals surface area contributed by atoms with Crippen molar-refractivity contribution >= 4 is 16.9 Å². The van der Waals surface area contributed by atoms with Gasteiger partial charge in [-0.2, -0.15) is 0 Å². The molecule has 32 heavy (non-hydrogen) atoms. The first kappa shape index (κ1) is 20.0.